The molecule has 9 heteroatoms. The normalized spacial score (nSPS) is 12.0. The van der Waals surface area contributed by atoms with Crippen LogP contribution < -0.4 is 9.62 Å². The SMILES string of the molecule is CCCNC(=O)[C@@H](C)N(Cc1ccc(F)cc1)C(=O)CN(c1cc(C)ccc1C)S(=O)(=O)c1ccccc1. The number of rotatable bonds is 11. The Labute approximate surface area is 224 Å². The summed E-state index contributed by atoms with van der Waals surface area (Å²) in [6.07, 6.45) is 0.722. The summed E-state index contributed by atoms with van der Waals surface area (Å²) >= 11 is 0. The molecule has 0 saturated heterocycles. The van der Waals surface area contributed by atoms with E-state index in [1.165, 1.54) is 41.3 Å². The number of carbonyl (C=O) groups is 2. The van der Waals surface area contributed by atoms with Gasteiger partial charge in [-0.1, -0.05) is 49.4 Å². The van der Waals surface area contributed by atoms with Gasteiger partial charge in [0.15, 0.2) is 0 Å². The predicted octanol–water partition coefficient (Wildman–Crippen LogP) is 4.58. The van der Waals surface area contributed by atoms with Gasteiger partial charge < -0.3 is 10.2 Å². The topological polar surface area (TPSA) is 86.8 Å². The molecule has 0 fully saturated rings. The van der Waals surface area contributed by atoms with Gasteiger partial charge in [0.05, 0.1) is 10.6 Å². The van der Waals surface area contributed by atoms with Crippen molar-refractivity contribution in [2.45, 2.75) is 51.6 Å². The highest BCUT2D eigenvalue weighted by molar-refractivity contribution is 7.92. The third-order valence-corrected chi connectivity index (χ3v) is 8.00. The van der Waals surface area contributed by atoms with E-state index in [0.29, 0.717) is 23.4 Å². The van der Waals surface area contributed by atoms with Gasteiger partial charge in [-0.2, -0.15) is 0 Å². The summed E-state index contributed by atoms with van der Waals surface area (Å²) in [6, 6.07) is 18.1. The molecule has 3 rings (SSSR count). The van der Waals surface area contributed by atoms with Crippen LogP contribution in [-0.4, -0.2) is 44.3 Å². The number of sulfonamides is 1. The first-order valence-corrected chi connectivity index (χ1v) is 13.9. The van der Waals surface area contributed by atoms with Gasteiger partial charge in [-0.15, -0.1) is 0 Å². The fraction of sp³-hybridized carbons (Fsp3) is 0.310. The minimum absolute atomic E-state index is 0.00580. The highest BCUT2D eigenvalue weighted by Crippen LogP contribution is 2.28. The Morgan fingerprint density at radius 2 is 1.63 bits per heavy atom. The van der Waals surface area contributed by atoms with Crippen LogP contribution in [0.1, 0.15) is 37.0 Å². The minimum atomic E-state index is -4.12. The largest absolute Gasteiger partial charge is 0.354 e. The van der Waals surface area contributed by atoms with Crippen LogP contribution in [0.15, 0.2) is 77.7 Å². The summed E-state index contributed by atoms with van der Waals surface area (Å²) in [4.78, 5) is 28.1. The number of benzene rings is 3. The van der Waals surface area contributed by atoms with Crippen molar-refractivity contribution in [3.8, 4) is 0 Å². The predicted molar refractivity (Wildman–Crippen MR) is 147 cm³/mol. The average Bonchev–Trinajstić information content (AvgIpc) is 2.91. The van der Waals surface area contributed by atoms with E-state index >= 15 is 0 Å². The van der Waals surface area contributed by atoms with E-state index in [-0.39, 0.29) is 17.3 Å². The molecular formula is C29H34FN3O4S. The second-order valence-corrected chi connectivity index (χ2v) is 11.1. The van der Waals surface area contributed by atoms with Crippen LogP contribution in [0.5, 0.6) is 0 Å². The van der Waals surface area contributed by atoms with Crippen molar-refractivity contribution >= 4 is 27.5 Å². The molecule has 0 aliphatic rings. The molecule has 0 heterocycles. The maximum Gasteiger partial charge on any atom is 0.264 e. The van der Waals surface area contributed by atoms with E-state index in [0.717, 1.165) is 16.3 Å². The zero-order chi connectivity index (χ0) is 27.9. The minimum Gasteiger partial charge on any atom is -0.354 e. The Kier molecular flexibility index (Phi) is 9.63. The molecule has 1 atom stereocenters. The molecule has 1 N–H and O–H groups in total. The molecule has 0 spiro atoms. The Morgan fingerprint density at radius 1 is 0.974 bits per heavy atom. The standard InChI is InChI=1S/C29H34FN3O4S/c1-5-17-31-29(35)23(4)32(19-24-13-15-25(30)16-14-24)28(34)20-33(27-18-21(2)11-12-22(27)3)38(36,37)26-9-7-6-8-10-26/h6-16,18,23H,5,17,19-20H2,1-4H3,(H,31,35)/t23-/m1/s1. The van der Waals surface area contributed by atoms with Crippen molar-refractivity contribution in [2.24, 2.45) is 0 Å². The lowest BCUT2D eigenvalue weighted by Crippen LogP contribution is -2.51. The average molecular weight is 540 g/mol. The van der Waals surface area contributed by atoms with Crippen molar-refractivity contribution in [2.75, 3.05) is 17.4 Å². The van der Waals surface area contributed by atoms with Crippen LogP contribution in [0, 0.1) is 19.7 Å². The molecule has 2 amide bonds. The third kappa shape index (κ3) is 6.98. The maximum atomic E-state index is 13.9. The van der Waals surface area contributed by atoms with Crippen LogP contribution in [-0.2, 0) is 26.2 Å². The summed E-state index contributed by atoms with van der Waals surface area (Å²) in [7, 11) is -4.12. The number of amides is 2. The molecule has 3 aromatic rings. The van der Waals surface area contributed by atoms with Crippen LogP contribution in [0.2, 0.25) is 0 Å². The summed E-state index contributed by atoms with van der Waals surface area (Å²) in [5, 5.41) is 2.80. The lowest BCUT2D eigenvalue weighted by molar-refractivity contribution is -0.139. The van der Waals surface area contributed by atoms with E-state index in [2.05, 4.69) is 5.32 Å². The van der Waals surface area contributed by atoms with Crippen molar-refractivity contribution in [1.29, 1.82) is 0 Å². The van der Waals surface area contributed by atoms with Crippen LogP contribution in [0.3, 0.4) is 0 Å². The van der Waals surface area contributed by atoms with Gasteiger partial charge >= 0.3 is 0 Å². The summed E-state index contributed by atoms with van der Waals surface area (Å²) in [5.41, 5.74) is 2.51. The molecule has 0 saturated carbocycles. The number of hydrogen-bond acceptors (Lipinski definition) is 4. The Hall–Kier alpha value is -3.72. The van der Waals surface area contributed by atoms with Gasteiger partial charge in [-0.25, -0.2) is 12.8 Å². The summed E-state index contributed by atoms with van der Waals surface area (Å²) in [5.74, 6) is -1.34. The number of nitrogens with zero attached hydrogens (tertiary/aromatic N) is 2. The summed E-state index contributed by atoms with van der Waals surface area (Å²) < 4.78 is 42.3. The summed E-state index contributed by atoms with van der Waals surface area (Å²) in [6.45, 7) is 7.07. The molecular weight excluding hydrogens is 505 g/mol. The Bertz CT molecular complexity index is 1360. The Morgan fingerprint density at radius 3 is 2.26 bits per heavy atom. The Balaban J connectivity index is 2.04. The number of carbonyl (C=O) groups excluding carboxylic acids is 2. The molecule has 7 nitrogen and oxygen atoms in total. The van der Waals surface area contributed by atoms with Gasteiger partial charge in [0.25, 0.3) is 10.0 Å². The van der Waals surface area contributed by atoms with E-state index in [9.17, 15) is 22.4 Å². The number of hydrogen-bond donors (Lipinski definition) is 1. The second kappa shape index (κ2) is 12.7. The van der Waals surface area contributed by atoms with Crippen LogP contribution in [0.4, 0.5) is 10.1 Å². The number of halogens is 1. The third-order valence-electron chi connectivity index (χ3n) is 6.23. The molecule has 0 aromatic heterocycles. The number of aryl methyl sites for hydroxylation is 2. The van der Waals surface area contributed by atoms with Crippen molar-refractivity contribution in [3.05, 3.63) is 95.3 Å². The highest BCUT2D eigenvalue weighted by Gasteiger charge is 2.33. The molecule has 0 bridgehead atoms. The quantitative estimate of drug-likeness (QED) is 0.387. The zero-order valence-corrected chi connectivity index (χ0v) is 23.0. The maximum absolute atomic E-state index is 13.9. The van der Waals surface area contributed by atoms with Crippen molar-refractivity contribution < 1.29 is 22.4 Å². The smallest absolute Gasteiger partial charge is 0.264 e. The number of anilines is 1. The second-order valence-electron chi connectivity index (χ2n) is 9.23. The van der Waals surface area contributed by atoms with E-state index in [1.807, 2.05) is 19.9 Å². The van der Waals surface area contributed by atoms with Crippen molar-refractivity contribution in [3.63, 3.8) is 0 Å². The lowest BCUT2D eigenvalue weighted by Gasteiger charge is -2.32. The molecule has 0 aliphatic heterocycles. The van der Waals surface area contributed by atoms with Crippen molar-refractivity contribution in [1.82, 2.24) is 10.2 Å². The highest BCUT2D eigenvalue weighted by atomic mass is 32.2. The molecule has 0 aliphatic carbocycles. The van der Waals surface area contributed by atoms with Gasteiger partial charge in [-0.05, 0) is 74.2 Å². The van der Waals surface area contributed by atoms with Gasteiger partial charge in [0.2, 0.25) is 11.8 Å². The fourth-order valence-electron chi connectivity index (χ4n) is 3.99. The fourth-order valence-corrected chi connectivity index (χ4v) is 5.48. The molecule has 0 radical (unpaired) electrons. The lowest BCUT2D eigenvalue weighted by atomic mass is 10.1. The number of nitrogens with one attached hydrogen (secondary N) is 1. The monoisotopic (exact) mass is 539 g/mol. The van der Waals surface area contributed by atoms with Gasteiger partial charge in [0, 0.05) is 13.1 Å². The first-order valence-electron chi connectivity index (χ1n) is 12.5. The van der Waals surface area contributed by atoms with E-state index in [4.69, 9.17) is 0 Å². The van der Waals surface area contributed by atoms with Gasteiger partial charge in [0.1, 0.15) is 18.4 Å². The molecule has 3 aromatic carbocycles. The van der Waals surface area contributed by atoms with Crippen LogP contribution in [0.25, 0.3) is 0 Å². The molecule has 202 valence electrons. The molecule has 0 unspecified atom stereocenters. The zero-order valence-electron chi connectivity index (χ0n) is 22.1. The van der Waals surface area contributed by atoms with Gasteiger partial charge in [-0.3, -0.25) is 13.9 Å². The van der Waals surface area contributed by atoms with E-state index in [1.54, 1.807) is 44.2 Å². The van der Waals surface area contributed by atoms with E-state index < -0.39 is 34.3 Å². The van der Waals surface area contributed by atoms with Crippen LogP contribution >= 0.6 is 0 Å². The molecule has 38 heavy (non-hydrogen) atoms. The first-order chi connectivity index (χ1) is 18.0. The first kappa shape index (κ1) is 28.8.